The molecular weight excluding hydrogens is 278 g/mol. The maximum Gasteiger partial charge on any atom is 0.224 e. The van der Waals surface area contributed by atoms with E-state index in [9.17, 15) is 4.79 Å². The molecule has 0 fully saturated rings. The fourth-order valence-corrected chi connectivity index (χ4v) is 2.39. The molecule has 6 heteroatoms. The van der Waals surface area contributed by atoms with Crippen molar-refractivity contribution in [2.24, 2.45) is 0 Å². The number of benzene rings is 1. The second kappa shape index (κ2) is 7.36. The Hall–Kier alpha value is -2.68. The van der Waals surface area contributed by atoms with Crippen molar-refractivity contribution in [3.8, 4) is 12.3 Å². The van der Waals surface area contributed by atoms with Crippen LogP contribution in [0.2, 0.25) is 0 Å². The normalized spacial score (nSPS) is 10.2. The predicted molar refractivity (Wildman–Crippen MR) is 82.7 cm³/mol. The van der Waals surface area contributed by atoms with Crippen molar-refractivity contribution in [1.29, 1.82) is 0 Å². The lowest BCUT2D eigenvalue weighted by Gasteiger charge is -2.18. The smallest absolute Gasteiger partial charge is 0.224 e. The molecule has 2 rings (SSSR count). The highest BCUT2D eigenvalue weighted by Gasteiger charge is 2.15. The van der Waals surface area contributed by atoms with Gasteiger partial charge in [-0.25, -0.2) is 0 Å². The second-order valence-electron chi connectivity index (χ2n) is 5.28. The van der Waals surface area contributed by atoms with Gasteiger partial charge in [0.15, 0.2) is 5.82 Å². The van der Waals surface area contributed by atoms with Crippen molar-refractivity contribution in [3.63, 3.8) is 0 Å². The van der Waals surface area contributed by atoms with Gasteiger partial charge in [-0.3, -0.25) is 4.79 Å². The minimum Gasteiger partial charge on any atom is -0.324 e. The molecule has 1 aromatic carbocycles. The van der Waals surface area contributed by atoms with Gasteiger partial charge in [-0.05, 0) is 25.8 Å². The van der Waals surface area contributed by atoms with Gasteiger partial charge in [0.1, 0.15) is 0 Å². The molecule has 1 heterocycles. The molecule has 0 unspecified atom stereocenters. The number of carbonyl (C=O) groups is 1. The molecule has 0 aliphatic carbocycles. The van der Waals surface area contributed by atoms with E-state index in [1.54, 1.807) is 4.90 Å². The first-order valence-electron chi connectivity index (χ1n) is 7.09. The number of H-pyrrole nitrogens is 1. The Morgan fingerprint density at radius 1 is 1.32 bits per heavy atom. The molecule has 22 heavy (non-hydrogen) atoms. The van der Waals surface area contributed by atoms with E-state index in [2.05, 4.69) is 58.6 Å². The van der Waals surface area contributed by atoms with Gasteiger partial charge in [-0.15, -0.1) is 16.6 Å². The highest BCUT2D eigenvalue weighted by Crippen LogP contribution is 2.12. The summed E-state index contributed by atoms with van der Waals surface area (Å²) in [6.07, 6.45) is 6.43. The second-order valence-corrected chi connectivity index (χ2v) is 5.28. The first-order valence-corrected chi connectivity index (χ1v) is 7.09. The number of hydrogen-bond donors (Lipinski definition) is 1. The van der Waals surface area contributed by atoms with Gasteiger partial charge >= 0.3 is 0 Å². The number of tetrazole rings is 1. The summed E-state index contributed by atoms with van der Waals surface area (Å²) in [6.45, 7) is 4.62. The molecule has 0 radical (unpaired) electrons. The van der Waals surface area contributed by atoms with Crippen LogP contribution in [-0.4, -0.2) is 38.0 Å². The lowest BCUT2D eigenvalue weighted by molar-refractivity contribution is -0.131. The number of amides is 1. The summed E-state index contributed by atoms with van der Waals surface area (Å²) >= 11 is 0. The number of aromatic amines is 1. The third-order valence-electron chi connectivity index (χ3n) is 3.27. The van der Waals surface area contributed by atoms with Crippen molar-refractivity contribution in [2.75, 3.05) is 6.54 Å². The molecule has 1 aromatic heterocycles. The van der Waals surface area contributed by atoms with Gasteiger partial charge in [-0.2, -0.15) is 5.21 Å². The highest BCUT2D eigenvalue weighted by molar-refractivity contribution is 5.76. The Morgan fingerprint density at radius 2 is 2.05 bits per heavy atom. The molecule has 0 aliphatic heterocycles. The van der Waals surface area contributed by atoms with Crippen LogP contribution < -0.4 is 0 Å². The van der Waals surface area contributed by atoms with E-state index in [0.717, 1.165) is 5.56 Å². The average Bonchev–Trinajstić information content (AvgIpc) is 2.96. The Labute approximate surface area is 129 Å². The monoisotopic (exact) mass is 297 g/mol. The molecular formula is C16H19N5O. The number of carbonyl (C=O) groups excluding carboxylic acids is 1. The number of rotatable bonds is 6. The zero-order chi connectivity index (χ0) is 15.9. The number of aryl methyl sites for hydroxylation is 3. The molecule has 0 saturated carbocycles. The van der Waals surface area contributed by atoms with Crippen LogP contribution in [0, 0.1) is 26.2 Å². The van der Waals surface area contributed by atoms with E-state index in [0.29, 0.717) is 18.7 Å². The maximum atomic E-state index is 12.3. The largest absolute Gasteiger partial charge is 0.324 e. The molecule has 114 valence electrons. The zero-order valence-corrected chi connectivity index (χ0v) is 12.8. The third kappa shape index (κ3) is 4.42. The minimum absolute atomic E-state index is 0.0121. The lowest BCUT2D eigenvalue weighted by Crippen LogP contribution is -2.31. The van der Waals surface area contributed by atoms with Gasteiger partial charge in [-0.1, -0.05) is 40.5 Å². The summed E-state index contributed by atoms with van der Waals surface area (Å²) in [6, 6.07) is 6.32. The summed E-state index contributed by atoms with van der Waals surface area (Å²) in [4.78, 5) is 13.9. The van der Waals surface area contributed by atoms with Crippen molar-refractivity contribution in [3.05, 3.63) is 40.7 Å². The molecule has 0 spiro atoms. The molecule has 0 saturated heterocycles. The summed E-state index contributed by atoms with van der Waals surface area (Å²) in [5, 5.41) is 13.6. The molecule has 1 N–H and O–H groups in total. The Morgan fingerprint density at radius 3 is 2.64 bits per heavy atom. The molecule has 1 amide bonds. The summed E-state index contributed by atoms with van der Waals surface area (Å²) in [5.41, 5.74) is 3.57. The topological polar surface area (TPSA) is 74.8 Å². The summed E-state index contributed by atoms with van der Waals surface area (Å²) in [5.74, 6) is 2.94. The number of terminal acetylenes is 1. The van der Waals surface area contributed by atoms with Crippen molar-refractivity contribution in [1.82, 2.24) is 25.5 Å². The van der Waals surface area contributed by atoms with Crippen molar-refractivity contribution < 1.29 is 4.79 Å². The molecule has 0 atom stereocenters. The fraction of sp³-hybridized carbons (Fsp3) is 0.375. The van der Waals surface area contributed by atoms with Gasteiger partial charge in [0.2, 0.25) is 5.91 Å². The van der Waals surface area contributed by atoms with Crippen molar-refractivity contribution >= 4 is 5.91 Å². The van der Waals surface area contributed by atoms with E-state index in [1.165, 1.54) is 11.1 Å². The zero-order valence-electron chi connectivity index (χ0n) is 12.8. The lowest BCUT2D eigenvalue weighted by atomic mass is 10.0. The fourth-order valence-electron chi connectivity index (χ4n) is 2.39. The SMILES string of the molecule is C#CCN(Cc1nn[nH]n1)C(=O)CCc1cc(C)cc(C)c1. The van der Waals surface area contributed by atoms with Crippen LogP contribution >= 0.6 is 0 Å². The van der Waals surface area contributed by atoms with E-state index >= 15 is 0 Å². The summed E-state index contributed by atoms with van der Waals surface area (Å²) < 4.78 is 0. The Kier molecular flexibility index (Phi) is 5.26. The van der Waals surface area contributed by atoms with Crippen LogP contribution in [-0.2, 0) is 17.8 Å². The van der Waals surface area contributed by atoms with Gasteiger partial charge in [0.25, 0.3) is 0 Å². The standard InChI is InChI=1S/C16H19N5O/c1-4-7-21(11-15-17-19-20-18-15)16(22)6-5-14-9-12(2)8-13(3)10-14/h1,8-10H,5-7,11H2,2-3H3,(H,17,18,19,20). The van der Waals surface area contributed by atoms with Crippen LogP contribution in [0.3, 0.4) is 0 Å². The Balaban J connectivity index is 1.97. The molecule has 0 aliphatic rings. The van der Waals surface area contributed by atoms with E-state index in [4.69, 9.17) is 6.42 Å². The third-order valence-corrected chi connectivity index (χ3v) is 3.27. The number of nitrogens with zero attached hydrogens (tertiary/aromatic N) is 4. The average molecular weight is 297 g/mol. The minimum atomic E-state index is -0.0121. The summed E-state index contributed by atoms with van der Waals surface area (Å²) in [7, 11) is 0. The van der Waals surface area contributed by atoms with Crippen LogP contribution in [0.5, 0.6) is 0 Å². The van der Waals surface area contributed by atoms with E-state index in [1.807, 2.05) is 0 Å². The van der Waals surface area contributed by atoms with E-state index < -0.39 is 0 Å². The van der Waals surface area contributed by atoms with Crippen LogP contribution in [0.4, 0.5) is 0 Å². The maximum absolute atomic E-state index is 12.3. The molecule has 0 bridgehead atoms. The first-order chi connectivity index (χ1) is 10.6. The Bertz CT molecular complexity index is 652. The number of hydrogen-bond acceptors (Lipinski definition) is 4. The van der Waals surface area contributed by atoms with E-state index in [-0.39, 0.29) is 19.0 Å². The number of aromatic nitrogens is 4. The van der Waals surface area contributed by atoms with Gasteiger partial charge < -0.3 is 4.90 Å². The molecule has 6 nitrogen and oxygen atoms in total. The van der Waals surface area contributed by atoms with Crippen LogP contribution in [0.1, 0.15) is 28.9 Å². The van der Waals surface area contributed by atoms with Gasteiger partial charge in [0, 0.05) is 6.42 Å². The molecule has 2 aromatic rings. The van der Waals surface area contributed by atoms with Crippen LogP contribution in [0.25, 0.3) is 0 Å². The number of nitrogens with one attached hydrogen (secondary N) is 1. The van der Waals surface area contributed by atoms with Crippen LogP contribution in [0.15, 0.2) is 18.2 Å². The van der Waals surface area contributed by atoms with Crippen molar-refractivity contribution in [2.45, 2.75) is 33.2 Å². The predicted octanol–water partition coefficient (Wildman–Crippen LogP) is 1.41. The highest BCUT2D eigenvalue weighted by atomic mass is 16.2. The van der Waals surface area contributed by atoms with Gasteiger partial charge in [0.05, 0.1) is 13.1 Å². The quantitative estimate of drug-likeness (QED) is 0.818. The first kappa shape index (κ1) is 15.7.